The monoisotopic (exact) mass is 248 g/mol. The smallest absolute Gasteiger partial charge is 0.290 e. The molecule has 0 aromatic carbocycles. The zero-order valence-corrected chi connectivity index (χ0v) is 11.3. The summed E-state index contributed by atoms with van der Waals surface area (Å²) in [6.45, 7) is 0.894. The second-order valence-corrected chi connectivity index (χ2v) is 4.68. The number of nitriles is 1. The van der Waals surface area contributed by atoms with Crippen LogP contribution in [0.25, 0.3) is 0 Å². The number of likely N-dealkylation sites (tertiary alicyclic amines) is 1. The largest absolute Gasteiger partial charge is 0.377 e. The van der Waals surface area contributed by atoms with Crippen LogP contribution in [-0.2, 0) is 4.79 Å². The van der Waals surface area contributed by atoms with Crippen molar-refractivity contribution in [2.24, 2.45) is 4.99 Å². The van der Waals surface area contributed by atoms with Gasteiger partial charge in [0.05, 0.1) is 6.34 Å². The average molecular weight is 248 g/mol. The number of amides is 1. The summed E-state index contributed by atoms with van der Waals surface area (Å²) in [5.41, 5.74) is 1.01. The highest BCUT2D eigenvalue weighted by molar-refractivity contribution is 6.01. The minimum Gasteiger partial charge on any atom is -0.377 e. The van der Waals surface area contributed by atoms with Crippen molar-refractivity contribution in [3.05, 3.63) is 11.3 Å². The number of hydrogen-bond acceptors (Lipinski definition) is 3. The molecule has 0 saturated carbocycles. The SMILES string of the molecule is CN(C)C=NC(=O)/C(C#N)=C1\CCCCCN1C. The number of allylic oxidation sites excluding steroid dienone is 1. The summed E-state index contributed by atoms with van der Waals surface area (Å²) in [4.78, 5) is 19.4. The molecule has 5 heteroatoms. The first kappa shape index (κ1) is 14.2. The fraction of sp³-hybridized carbons (Fsp3) is 0.615. The molecular weight excluding hydrogens is 228 g/mol. The van der Waals surface area contributed by atoms with E-state index in [0.717, 1.165) is 37.9 Å². The highest BCUT2D eigenvalue weighted by Crippen LogP contribution is 2.22. The minimum absolute atomic E-state index is 0.178. The standard InChI is InChI=1S/C13H20N4O/c1-16(2)10-15-13(18)11(9-14)12-7-5-4-6-8-17(12)3/h10H,4-8H2,1-3H3/b12-11+,15-10?. The predicted octanol–water partition coefficient (Wildman–Crippen LogP) is 1.39. The highest BCUT2D eigenvalue weighted by atomic mass is 16.1. The van der Waals surface area contributed by atoms with Gasteiger partial charge in [-0.15, -0.1) is 0 Å². The van der Waals surface area contributed by atoms with Gasteiger partial charge in [-0.05, 0) is 19.3 Å². The Kier molecular flexibility index (Phi) is 5.37. The molecule has 0 spiro atoms. The maximum Gasteiger partial charge on any atom is 0.290 e. The zero-order chi connectivity index (χ0) is 13.5. The Morgan fingerprint density at radius 3 is 2.78 bits per heavy atom. The Morgan fingerprint density at radius 2 is 2.17 bits per heavy atom. The number of carbonyl (C=O) groups is 1. The molecule has 1 amide bonds. The first-order valence-electron chi connectivity index (χ1n) is 6.15. The molecule has 18 heavy (non-hydrogen) atoms. The normalized spacial score (nSPS) is 19.3. The number of rotatable bonds is 2. The summed E-state index contributed by atoms with van der Waals surface area (Å²) in [6, 6.07) is 2.01. The van der Waals surface area contributed by atoms with Gasteiger partial charge in [0.1, 0.15) is 11.6 Å². The molecule has 1 saturated heterocycles. The van der Waals surface area contributed by atoms with E-state index in [1.54, 1.807) is 19.0 Å². The molecule has 1 aliphatic rings. The molecule has 0 radical (unpaired) electrons. The minimum atomic E-state index is -0.449. The topological polar surface area (TPSA) is 59.7 Å². The molecule has 0 aromatic heterocycles. The van der Waals surface area contributed by atoms with E-state index in [4.69, 9.17) is 0 Å². The first-order valence-corrected chi connectivity index (χ1v) is 6.15. The lowest BCUT2D eigenvalue weighted by Gasteiger charge is -2.20. The summed E-state index contributed by atoms with van der Waals surface area (Å²) in [7, 11) is 5.50. The number of carbonyl (C=O) groups excluding carboxylic acids is 1. The molecule has 0 bridgehead atoms. The summed E-state index contributed by atoms with van der Waals surface area (Å²) >= 11 is 0. The fourth-order valence-electron chi connectivity index (χ4n) is 1.93. The van der Waals surface area contributed by atoms with E-state index in [-0.39, 0.29) is 5.57 Å². The first-order chi connectivity index (χ1) is 8.56. The van der Waals surface area contributed by atoms with Gasteiger partial charge in [0.25, 0.3) is 5.91 Å². The van der Waals surface area contributed by atoms with Crippen molar-refractivity contribution in [3.63, 3.8) is 0 Å². The van der Waals surface area contributed by atoms with E-state index in [0.29, 0.717) is 0 Å². The van der Waals surface area contributed by atoms with Gasteiger partial charge < -0.3 is 9.80 Å². The summed E-state index contributed by atoms with van der Waals surface area (Å²) < 4.78 is 0. The maximum absolute atomic E-state index is 11.9. The van der Waals surface area contributed by atoms with Crippen LogP contribution in [-0.4, -0.2) is 49.7 Å². The molecule has 0 unspecified atom stereocenters. The third kappa shape index (κ3) is 3.88. The molecule has 1 aliphatic heterocycles. The molecule has 0 atom stereocenters. The Hall–Kier alpha value is -1.83. The summed E-state index contributed by atoms with van der Waals surface area (Å²) in [5.74, 6) is -0.449. The molecule has 98 valence electrons. The van der Waals surface area contributed by atoms with Crippen molar-refractivity contribution in [2.75, 3.05) is 27.7 Å². The number of aliphatic imine (C=N–C) groups is 1. The van der Waals surface area contributed by atoms with E-state index in [9.17, 15) is 10.1 Å². The van der Waals surface area contributed by atoms with E-state index < -0.39 is 5.91 Å². The van der Waals surface area contributed by atoms with Gasteiger partial charge in [-0.3, -0.25) is 4.79 Å². The molecule has 0 N–H and O–H groups in total. The van der Waals surface area contributed by atoms with Crippen LogP contribution in [0, 0.1) is 11.3 Å². The van der Waals surface area contributed by atoms with Crippen LogP contribution < -0.4 is 0 Å². The van der Waals surface area contributed by atoms with E-state index in [1.807, 2.05) is 18.0 Å². The Bertz CT molecular complexity index is 404. The van der Waals surface area contributed by atoms with Crippen molar-refractivity contribution in [1.82, 2.24) is 9.80 Å². The van der Waals surface area contributed by atoms with Crippen LogP contribution in [0.2, 0.25) is 0 Å². The lowest BCUT2D eigenvalue weighted by Crippen LogP contribution is -2.21. The third-order valence-electron chi connectivity index (χ3n) is 2.89. The highest BCUT2D eigenvalue weighted by Gasteiger charge is 2.19. The van der Waals surface area contributed by atoms with Gasteiger partial charge in [0, 0.05) is 33.4 Å². The van der Waals surface area contributed by atoms with Crippen molar-refractivity contribution >= 4 is 12.2 Å². The van der Waals surface area contributed by atoms with E-state index >= 15 is 0 Å². The van der Waals surface area contributed by atoms with Crippen LogP contribution in [0.5, 0.6) is 0 Å². The Morgan fingerprint density at radius 1 is 1.44 bits per heavy atom. The fourth-order valence-corrected chi connectivity index (χ4v) is 1.93. The summed E-state index contributed by atoms with van der Waals surface area (Å²) in [6.07, 6.45) is 5.48. The van der Waals surface area contributed by atoms with E-state index in [2.05, 4.69) is 4.99 Å². The van der Waals surface area contributed by atoms with Crippen LogP contribution >= 0.6 is 0 Å². The maximum atomic E-state index is 11.9. The average Bonchev–Trinajstić information content (AvgIpc) is 2.53. The Labute approximate surface area is 108 Å². The second-order valence-electron chi connectivity index (χ2n) is 4.68. The molecule has 0 aromatic rings. The van der Waals surface area contributed by atoms with Gasteiger partial charge in [0.2, 0.25) is 0 Å². The molecule has 1 heterocycles. The lowest BCUT2D eigenvalue weighted by molar-refractivity contribution is -0.114. The molecule has 0 aliphatic carbocycles. The molecule has 1 rings (SSSR count). The van der Waals surface area contributed by atoms with Crippen molar-refractivity contribution in [2.45, 2.75) is 25.7 Å². The van der Waals surface area contributed by atoms with Gasteiger partial charge in [-0.2, -0.15) is 10.3 Å². The van der Waals surface area contributed by atoms with Crippen LogP contribution in [0.4, 0.5) is 0 Å². The lowest BCUT2D eigenvalue weighted by atomic mass is 10.1. The van der Waals surface area contributed by atoms with Crippen LogP contribution in [0.15, 0.2) is 16.3 Å². The predicted molar refractivity (Wildman–Crippen MR) is 70.9 cm³/mol. The van der Waals surface area contributed by atoms with Crippen LogP contribution in [0.1, 0.15) is 25.7 Å². The number of hydrogen-bond donors (Lipinski definition) is 0. The number of nitrogens with zero attached hydrogens (tertiary/aromatic N) is 4. The van der Waals surface area contributed by atoms with Gasteiger partial charge in [-0.1, -0.05) is 6.42 Å². The molecule has 1 fully saturated rings. The summed E-state index contributed by atoms with van der Waals surface area (Å²) in [5, 5.41) is 9.18. The van der Waals surface area contributed by atoms with Gasteiger partial charge in [-0.25, -0.2) is 0 Å². The zero-order valence-electron chi connectivity index (χ0n) is 11.3. The van der Waals surface area contributed by atoms with Crippen molar-refractivity contribution in [3.8, 4) is 6.07 Å². The third-order valence-corrected chi connectivity index (χ3v) is 2.89. The van der Waals surface area contributed by atoms with Gasteiger partial charge in [0.15, 0.2) is 0 Å². The van der Waals surface area contributed by atoms with E-state index in [1.165, 1.54) is 6.34 Å². The van der Waals surface area contributed by atoms with Gasteiger partial charge >= 0.3 is 0 Å². The Balaban J connectivity index is 2.98. The van der Waals surface area contributed by atoms with Crippen molar-refractivity contribution < 1.29 is 4.79 Å². The molecule has 5 nitrogen and oxygen atoms in total. The van der Waals surface area contributed by atoms with Crippen molar-refractivity contribution in [1.29, 1.82) is 5.26 Å². The quantitative estimate of drug-likeness (QED) is 0.321. The van der Waals surface area contributed by atoms with Crippen LogP contribution in [0.3, 0.4) is 0 Å². The molecular formula is C13H20N4O. The second kappa shape index (κ2) is 6.80.